The molecule has 0 saturated carbocycles. The lowest BCUT2D eigenvalue weighted by Crippen LogP contribution is -2.46. The number of para-hydroxylation sites is 2. The van der Waals surface area contributed by atoms with E-state index in [1.54, 1.807) is 48.5 Å². The van der Waals surface area contributed by atoms with Gasteiger partial charge < -0.3 is 14.2 Å². The van der Waals surface area contributed by atoms with Crippen LogP contribution in [0.2, 0.25) is 10.0 Å². The third-order valence-electron chi connectivity index (χ3n) is 10.0. The summed E-state index contributed by atoms with van der Waals surface area (Å²) >= 11 is 20.2. The zero-order chi connectivity index (χ0) is 39.3. The Hall–Kier alpha value is -3.72. The lowest BCUT2D eigenvalue weighted by atomic mass is 9.74. The van der Waals surface area contributed by atoms with Crippen molar-refractivity contribution in [3.63, 3.8) is 0 Å². The predicted octanol–water partition coefficient (Wildman–Crippen LogP) is 14.9. The molecule has 0 bridgehead atoms. The molecule has 0 saturated heterocycles. The summed E-state index contributed by atoms with van der Waals surface area (Å²) in [4.78, 5) is 0. The van der Waals surface area contributed by atoms with Crippen LogP contribution in [0.3, 0.4) is 0 Å². The Morgan fingerprint density at radius 1 is 0.527 bits per heavy atom. The fraction of sp³-hybridized carbons (Fsp3) is 0.217. The molecule has 6 aromatic rings. The largest absolute Gasteiger partial charge is 0.454 e. The van der Waals surface area contributed by atoms with Gasteiger partial charge in [0.15, 0.2) is 23.1 Å². The van der Waals surface area contributed by atoms with Crippen LogP contribution in [0.25, 0.3) is 0 Å². The van der Waals surface area contributed by atoms with Crippen LogP contribution in [-0.4, -0.2) is 12.2 Å². The Morgan fingerprint density at radius 3 is 1.27 bits per heavy atom. The Morgan fingerprint density at radius 2 is 0.909 bits per heavy atom. The van der Waals surface area contributed by atoms with E-state index in [0.29, 0.717) is 34.4 Å². The number of halogens is 6. The standard InChI is InChI=1S/C46H40Br2Cl2F2O3/c1-45(2,31-17-19-37(49)35(47)27-31)43(25-29-15-21-39(51)41(23-29)53-33-11-7-5-8-12-33)55-44(46(3,4)32-18-20-38(50)36(48)28-32)26-30-16-22-40(52)42(24-30)54-34-13-9-6-10-14-34/h5-24,27-28,43-44H,25-26H2,1-4H3. The first-order valence-electron chi connectivity index (χ1n) is 17.8. The van der Waals surface area contributed by atoms with Gasteiger partial charge in [-0.2, -0.15) is 0 Å². The van der Waals surface area contributed by atoms with E-state index in [-0.39, 0.29) is 11.5 Å². The second-order valence-electron chi connectivity index (χ2n) is 14.6. The molecule has 0 spiro atoms. The van der Waals surface area contributed by atoms with Crippen molar-refractivity contribution in [1.29, 1.82) is 0 Å². The summed E-state index contributed by atoms with van der Waals surface area (Å²) in [6.07, 6.45) is -0.143. The lowest BCUT2D eigenvalue weighted by molar-refractivity contribution is -0.0753. The van der Waals surface area contributed by atoms with Gasteiger partial charge in [0.1, 0.15) is 11.5 Å². The molecule has 0 aliphatic heterocycles. The molecule has 2 unspecified atom stereocenters. The number of hydrogen-bond acceptors (Lipinski definition) is 3. The van der Waals surface area contributed by atoms with Crippen molar-refractivity contribution < 1.29 is 23.0 Å². The van der Waals surface area contributed by atoms with Gasteiger partial charge >= 0.3 is 0 Å². The van der Waals surface area contributed by atoms with Crippen molar-refractivity contribution in [2.24, 2.45) is 0 Å². The van der Waals surface area contributed by atoms with E-state index in [1.807, 2.05) is 72.8 Å². The highest BCUT2D eigenvalue weighted by molar-refractivity contribution is 9.10. The molecular weight excluding hydrogens is 869 g/mol. The van der Waals surface area contributed by atoms with Gasteiger partial charge in [0.2, 0.25) is 0 Å². The van der Waals surface area contributed by atoms with Crippen molar-refractivity contribution >= 4 is 55.1 Å². The first kappa shape index (κ1) is 40.9. The maximum absolute atomic E-state index is 15.2. The molecule has 9 heteroatoms. The molecule has 2 atom stereocenters. The molecular formula is C46H40Br2Cl2F2O3. The summed E-state index contributed by atoms with van der Waals surface area (Å²) in [6.45, 7) is 8.52. The Kier molecular flexibility index (Phi) is 13.1. The van der Waals surface area contributed by atoms with Crippen LogP contribution in [0.15, 0.2) is 142 Å². The van der Waals surface area contributed by atoms with Crippen LogP contribution in [0.4, 0.5) is 8.78 Å². The molecule has 0 radical (unpaired) electrons. The van der Waals surface area contributed by atoms with E-state index in [9.17, 15) is 0 Å². The monoisotopic (exact) mass is 906 g/mol. The van der Waals surface area contributed by atoms with Crippen molar-refractivity contribution in [2.75, 3.05) is 0 Å². The van der Waals surface area contributed by atoms with E-state index in [2.05, 4.69) is 59.6 Å². The van der Waals surface area contributed by atoms with Crippen molar-refractivity contribution in [1.82, 2.24) is 0 Å². The number of rotatable bonds is 14. The third-order valence-corrected chi connectivity index (χ3v) is 12.5. The van der Waals surface area contributed by atoms with E-state index >= 15 is 8.78 Å². The van der Waals surface area contributed by atoms with Crippen LogP contribution in [-0.2, 0) is 28.4 Å². The lowest BCUT2D eigenvalue weighted by Gasteiger charge is -2.43. The van der Waals surface area contributed by atoms with Crippen molar-refractivity contribution in [2.45, 2.75) is 63.6 Å². The minimum Gasteiger partial charge on any atom is -0.454 e. The minimum atomic E-state index is -0.610. The van der Waals surface area contributed by atoms with Gasteiger partial charge in [-0.1, -0.05) is 112 Å². The van der Waals surface area contributed by atoms with Crippen molar-refractivity contribution in [3.05, 3.63) is 186 Å². The summed E-state index contributed by atoms with van der Waals surface area (Å²) in [6, 6.07) is 39.9. The molecule has 0 aliphatic carbocycles. The van der Waals surface area contributed by atoms with Crippen LogP contribution in [0.5, 0.6) is 23.0 Å². The van der Waals surface area contributed by atoms with Gasteiger partial charge in [-0.15, -0.1) is 0 Å². The molecule has 6 aromatic carbocycles. The number of ether oxygens (including phenoxy) is 3. The maximum atomic E-state index is 15.2. The topological polar surface area (TPSA) is 27.7 Å². The van der Waals surface area contributed by atoms with Gasteiger partial charge in [-0.3, -0.25) is 0 Å². The normalized spacial score (nSPS) is 13.0. The van der Waals surface area contributed by atoms with Gasteiger partial charge in [-0.25, -0.2) is 8.78 Å². The summed E-state index contributed by atoms with van der Waals surface area (Å²) < 4.78 is 51.4. The van der Waals surface area contributed by atoms with E-state index in [1.165, 1.54) is 12.1 Å². The van der Waals surface area contributed by atoms with Gasteiger partial charge in [-0.05, 0) is 140 Å². The van der Waals surface area contributed by atoms with Crippen molar-refractivity contribution in [3.8, 4) is 23.0 Å². The van der Waals surface area contributed by atoms with Crippen LogP contribution >= 0.6 is 55.1 Å². The smallest absolute Gasteiger partial charge is 0.165 e. The summed E-state index contributed by atoms with van der Waals surface area (Å²) in [7, 11) is 0. The summed E-state index contributed by atoms with van der Waals surface area (Å²) in [5.74, 6) is 0.364. The molecule has 6 rings (SSSR count). The highest BCUT2D eigenvalue weighted by atomic mass is 79.9. The molecule has 55 heavy (non-hydrogen) atoms. The van der Waals surface area contributed by atoms with Gasteiger partial charge in [0.05, 0.1) is 22.3 Å². The third kappa shape index (κ3) is 10.00. The molecule has 3 nitrogen and oxygen atoms in total. The highest BCUT2D eigenvalue weighted by Crippen LogP contribution is 2.41. The fourth-order valence-electron chi connectivity index (χ4n) is 6.48. The predicted molar refractivity (Wildman–Crippen MR) is 226 cm³/mol. The molecule has 0 aliphatic rings. The molecule has 0 aromatic heterocycles. The SMILES string of the molecule is CC(C)(c1ccc(Cl)c(Br)c1)C(Cc1ccc(F)c(Oc2ccccc2)c1)OC(Cc1ccc(F)c(Oc2ccccc2)c1)C(C)(C)c1ccc(Cl)c(Br)c1. The van der Waals surface area contributed by atoms with E-state index in [0.717, 1.165) is 31.2 Å². The van der Waals surface area contributed by atoms with Gasteiger partial charge in [0, 0.05) is 19.8 Å². The number of benzene rings is 6. The van der Waals surface area contributed by atoms with Crippen LogP contribution in [0.1, 0.15) is 49.9 Å². The van der Waals surface area contributed by atoms with E-state index < -0.39 is 34.7 Å². The summed E-state index contributed by atoms with van der Waals surface area (Å²) in [5.41, 5.74) is 2.40. The Balaban J connectivity index is 1.43. The van der Waals surface area contributed by atoms with Gasteiger partial charge in [0.25, 0.3) is 0 Å². The average molecular weight is 910 g/mol. The Labute approximate surface area is 348 Å². The van der Waals surface area contributed by atoms with Crippen LogP contribution < -0.4 is 9.47 Å². The first-order chi connectivity index (χ1) is 26.2. The zero-order valence-electron chi connectivity index (χ0n) is 30.8. The molecule has 0 N–H and O–H groups in total. The Bertz CT molecular complexity index is 2090. The average Bonchev–Trinajstić information content (AvgIpc) is 3.16. The minimum absolute atomic E-state index is 0.120. The molecule has 0 heterocycles. The fourth-order valence-corrected chi connectivity index (χ4v) is 7.47. The maximum Gasteiger partial charge on any atom is 0.165 e. The second kappa shape index (κ2) is 17.6. The number of hydrogen-bond donors (Lipinski definition) is 0. The quantitative estimate of drug-likeness (QED) is 0.109. The molecule has 284 valence electrons. The summed E-state index contributed by atoms with van der Waals surface area (Å²) in [5, 5.41) is 1.19. The second-order valence-corrected chi connectivity index (χ2v) is 17.1. The zero-order valence-corrected chi connectivity index (χ0v) is 35.4. The molecule has 0 fully saturated rings. The highest BCUT2D eigenvalue weighted by Gasteiger charge is 2.40. The van der Waals surface area contributed by atoms with E-state index in [4.69, 9.17) is 37.4 Å². The van der Waals surface area contributed by atoms with Crippen LogP contribution in [0, 0.1) is 11.6 Å². The molecule has 0 amide bonds. The first-order valence-corrected chi connectivity index (χ1v) is 20.1.